The molecule has 0 amide bonds. The molecular weight excluding hydrogens is 568 g/mol. The Hall–Kier alpha value is -2.38. The van der Waals surface area contributed by atoms with Gasteiger partial charge >= 0.3 is 0 Å². The van der Waals surface area contributed by atoms with E-state index in [1.165, 1.54) is 10.4 Å². The smallest absolute Gasteiger partial charge is 0.197 e. The molecule has 154 valence electrons. The van der Waals surface area contributed by atoms with Gasteiger partial charge < -0.3 is 0 Å². The first-order valence-corrected chi connectivity index (χ1v) is 13.0. The van der Waals surface area contributed by atoms with Crippen LogP contribution in [0.3, 0.4) is 0 Å². The average molecular weight is 580 g/mol. The van der Waals surface area contributed by atoms with Crippen LogP contribution in [0.15, 0.2) is 81.2 Å². The number of halogens is 2. The molecule has 2 heterocycles. The summed E-state index contributed by atoms with van der Waals surface area (Å²) in [5.74, 6) is -0.402. The molecule has 3 aromatic carbocycles. The summed E-state index contributed by atoms with van der Waals surface area (Å²) in [6.45, 7) is 0. The Kier molecular flexibility index (Phi) is 4.80. The molecule has 0 fully saturated rings. The Labute approximate surface area is 208 Å². The monoisotopic (exact) mass is 578 g/mol. The third-order valence-corrected chi connectivity index (χ3v) is 9.70. The van der Waals surface area contributed by atoms with Gasteiger partial charge in [-0.25, -0.2) is 0 Å². The Morgan fingerprint density at radius 1 is 0.688 bits per heavy atom. The van der Waals surface area contributed by atoms with Crippen LogP contribution in [0.2, 0.25) is 0 Å². The van der Waals surface area contributed by atoms with Crippen LogP contribution in [-0.4, -0.2) is 11.6 Å². The maximum atomic E-state index is 13.1. The van der Waals surface area contributed by atoms with Crippen LogP contribution in [0.5, 0.6) is 0 Å². The molecule has 0 aliphatic heterocycles. The first kappa shape index (κ1) is 20.2. The summed E-state index contributed by atoms with van der Waals surface area (Å²) in [4.78, 5) is 28.3. The molecule has 0 bridgehead atoms. The maximum Gasteiger partial charge on any atom is 0.197 e. The van der Waals surface area contributed by atoms with Crippen molar-refractivity contribution in [1.29, 1.82) is 0 Å². The number of fused-ring (bicyclic) bond motifs is 3. The molecular formula is C26H12Br2O2S2. The van der Waals surface area contributed by atoms with E-state index in [0.29, 0.717) is 11.1 Å². The molecule has 0 saturated heterocycles. The van der Waals surface area contributed by atoms with Crippen molar-refractivity contribution in [1.82, 2.24) is 0 Å². The lowest BCUT2D eigenvalue weighted by molar-refractivity contribution is 0.0990. The Bertz CT molecular complexity index is 1530. The summed E-state index contributed by atoms with van der Waals surface area (Å²) in [5, 5.41) is 1.85. The quantitative estimate of drug-likeness (QED) is 0.155. The van der Waals surface area contributed by atoms with Gasteiger partial charge in [0.25, 0.3) is 0 Å². The van der Waals surface area contributed by atoms with E-state index in [1.54, 1.807) is 28.7 Å². The zero-order valence-corrected chi connectivity index (χ0v) is 21.1. The van der Waals surface area contributed by atoms with Gasteiger partial charge in [-0.1, -0.05) is 30.3 Å². The molecule has 0 unspecified atom stereocenters. The molecule has 2 aromatic heterocycles. The van der Waals surface area contributed by atoms with E-state index in [2.05, 4.69) is 56.1 Å². The standard InChI is InChI=1S/C26H12Br2O2S2/c27-20-8-14-6-17-18(7-15(14)9-21(20)28)26(30)19(25(17)29)10-16-11-23-24(31-16)12-22(32-23)13-4-2-1-3-5-13/h1-12H. The van der Waals surface area contributed by atoms with Crippen molar-refractivity contribution in [3.8, 4) is 10.4 Å². The van der Waals surface area contributed by atoms with Gasteiger partial charge in [0.2, 0.25) is 0 Å². The third-order valence-electron chi connectivity index (χ3n) is 5.57. The Morgan fingerprint density at radius 2 is 1.28 bits per heavy atom. The lowest BCUT2D eigenvalue weighted by Crippen LogP contribution is -1.99. The fourth-order valence-electron chi connectivity index (χ4n) is 4.01. The van der Waals surface area contributed by atoms with E-state index < -0.39 is 0 Å². The second-order valence-electron chi connectivity index (χ2n) is 7.58. The van der Waals surface area contributed by atoms with Crippen LogP contribution in [-0.2, 0) is 0 Å². The number of carbonyl (C=O) groups excluding carboxylic acids is 2. The SMILES string of the molecule is O=C1C(=Cc2cc3sc(-c4ccccc4)cc3s2)C(=O)c2cc3cc(Br)c(Br)cc3cc21. The molecule has 0 spiro atoms. The summed E-state index contributed by atoms with van der Waals surface area (Å²) >= 11 is 10.3. The summed E-state index contributed by atoms with van der Waals surface area (Å²) in [7, 11) is 0. The van der Waals surface area contributed by atoms with Crippen molar-refractivity contribution < 1.29 is 9.59 Å². The fourth-order valence-corrected chi connectivity index (χ4v) is 7.08. The van der Waals surface area contributed by atoms with Crippen LogP contribution in [0, 0.1) is 0 Å². The van der Waals surface area contributed by atoms with Crippen molar-refractivity contribution >= 4 is 92.3 Å². The Balaban J connectivity index is 1.39. The predicted molar refractivity (Wildman–Crippen MR) is 141 cm³/mol. The minimum Gasteiger partial charge on any atom is -0.288 e. The molecule has 0 radical (unpaired) electrons. The van der Waals surface area contributed by atoms with Crippen LogP contribution in [0.25, 0.3) is 36.7 Å². The normalized spacial score (nSPS) is 13.4. The molecule has 1 aliphatic carbocycles. The first-order chi connectivity index (χ1) is 15.5. The molecule has 0 atom stereocenters. The summed E-state index contributed by atoms with van der Waals surface area (Å²) in [6, 6.07) is 22.1. The van der Waals surface area contributed by atoms with Gasteiger partial charge in [0.15, 0.2) is 11.6 Å². The minimum atomic E-state index is -0.201. The zero-order chi connectivity index (χ0) is 22.0. The molecule has 2 nitrogen and oxygen atoms in total. The van der Waals surface area contributed by atoms with E-state index in [0.717, 1.165) is 34.0 Å². The number of rotatable bonds is 2. The van der Waals surface area contributed by atoms with Gasteiger partial charge in [0.05, 0.1) is 5.57 Å². The van der Waals surface area contributed by atoms with Crippen molar-refractivity contribution in [2.45, 2.75) is 0 Å². The first-order valence-electron chi connectivity index (χ1n) is 9.80. The highest BCUT2D eigenvalue weighted by atomic mass is 79.9. The lowest BCUT2D eigenvalue weighted by Gasteiger charge is -2.04. The van der Waals surface area contributed by atoms with E-state index in [9.17, 15) is 9.59 Å². The predicted octanol–water partition coefficient (Wildman–Crippen LogP) is 8.77. The largest absolute Gasteiger partial charge is 0.288 e. The van der Waals surface area contributed by atoms with Gasteiger partial charge in [0, 0.05) is 39.2 Å². The number of ketones is 2. The highest BCUT2D eigenvalue weighted by Gasteiger charge is 2.33. The highest BCUT2D eigenvalue weighted by Crippen LogP contribution is 2.40. The van der Waals surface area contributed by atoms with Crippen LogP contribution in [0.4, 0.5) is 0 Å². The number of hydrogen-bond acceptors (Lipinski definition) is 4. The van der Waals surface area contributed by atoms with Crippen molar-refractivity contribution in [3.63, 3.8) is 0 Å². The van der Waals surface area contributed by atoms with E-state index in [-0.39, 0.29) is 17.1 Å². The lowest BCUT2D eigenvalue weighted by atomic mass is 10.0. The number of Topliss-reactive ketones (excluding diaryl/α,β-unsaturated/α-hetero) is 2. The highest BCUT2D eigenvalue weighted by molar-refractivity contribution is 9.13. The summed E-state index contributed by atoms with van der Waals surface area (Å²) < 4.78 is 4.14. The second kappa shape index (κ2) is 7.59. The number of benzene rings is 3. The maximum absolute atomic E-state index is 13.1. The Morgan fingerprint density at radius 3 is 1.88 bits per heavy atom. The van der Waals surface area contributed by atoms with E-state index in [4.69, 9.17) is 0 Å². The number of allylic oxidation sites excluding steroid dienone is 1. The van der Waals surface area contributed by atoms with Gasteiger partial charge in [-0.15, -0.1) is 22.7 Å². The van der Waals surface area contributed by atoms with Crippen molar-refractivity contribution in [2.24, 2.45) is 0 Å². The molecule has 6 heteroatoms. The van der Waals surface area contributed by atoms with Crippen LogP contribution >= 0.6 is 54.5 Å². The van der Waals surface area contributed by atoms with Gasteiger partial charge in [-0.2, -0.15) is 0 Å². The van der Waals surface area contributed by atoms with E-state index in [1.807, 2.05) is 42.5 Å². The zero-order valence-electron chi connectivity index (χ0n) is 16.3. The third kappa shape index (κ3) is 3.25. The van der Waals surface area contributed by atoms with Gasteiger partial charge in [0.1, 0.15) is 0 Å². The number of thiophene rings is 2. The van der Waals surface area contributed by atoms with Crippen LogP contribution < -0.4 is 0 Å². The van der Waals surface area contributed by atoms with Gasteiger partial charge in [-0.05, 0) is 90.7 Å². The number of carbonyl (C=O) groups is 2. The number of hydrogen-bond donors (Lipinski definition) is 0. The van der Waals surface area contributed by atoms with Gasteiger partial charge in [-0.3, -0.25) is 9.59 Å². The molecule has 6 rings (SSSR count). The summed E-state index contributed by atoms with van der Waals surface area (Å²) in [5.41, 5.74) is 2.40. The van der Waals surface area contributed by atoms with Crippen molar-refractivity contribution in [2.75, 3.05) is 0 Å². The molecule has 0 saturated carbocycles. The molecule has 0 N–H and O–H groups in total. The minimum absolute atomic E-state index is 0.201. The molecule has 32 heavy (non-hydrogen) atoms. The second-order valence-corrected chi connectivity index (χ2v) is 11.5. The fraction of sp³-hybridized carbons (Fsp3) is 0. The average Bonchev–Trinajstić information content (AvgIpc) is 3.42. The summed E-state index contributed by atoms with van der Waals surface area (Å²) in [6.07, 6.45) is 1.75. The molecule has 5 aromatic rings. The van der Waals surface area contributed by atoms with Crippen molar-refractivity contribution in [3.05, 3.63) is 97.3 Å². The van der Waals surface area contributed by atoms with E-state index >= 15 is 0 Å². The van der Waals surface area contributed by atoms with Crippen LogP contribution in [0.1, 0.15) is 25.6 Å². The molecule has 1 aliphatic rings. The topological polar surface area (TPSA) is 34.1 Å².